The number of benzene rings is 1. The average Bonchev–Trinajstić information content (AvgIpc) is 3.17. The number of hydrogen-bond acceptors (Lipinski definition) is 7. The highest BCUT2D eigenvalue weighted by atomic mass is 16.5. The van der Waals surface area contributed by atoms with Crippen molar-refractivity contribution in [1.82, 2.24) is 20.0 Å². The molecule has 0 atom stereocenters. The van der Waals surface area contributed by atoms with Gasteiger partial charge < -0.3 is 24.2 Å². The van der Waals surface area contributed by atoms with Crippen molar-refractivity contribution in [3.05, 3.63) is 48.6 Å². The lowest BCUT2D eigenvalue weighted by atomic mass is 10.0. The van der Waals surface area contributed by atoms with E-state index in [1.807, 2.05) is 12.1 Å². The SMILES string of the molecule is COc1ccc(NC(=O)N2CC(c3nc(-c4cccnc4)no3)C2)c(OC)c1. The number of nitrogens with zero attached hydrogens (tertiary/aromatic N) is 4. The standard InChI is InChI=1S/C19H19N5O4/c1-26-14-5-6-15(16(8-14)27-2)21-19(25)24-10-13(11-24)18-22-17(23-28-18)12-4-3-7-20-9-12/h3-9,13H,10-11H2,1-2H3,(H,21,25). The summed E-state index contributed by atoms with van der Waals surface area (Å²) >= 11 is 0. The van der Waals surface area contributed by atoms with E-state index >= 15 is 0 Å². The van der Waals surface area contributed by atoms with Crippen LogP contribution in [0.25, 0.3) is 11.4 Å². The maximum Gasteiger partial charge on any atom is 0.321 e. The van der Waals surface area contributed by atoms with Gasteiger partial charge in [0.25, 0.3) is 0 Å². The summed E-state index contributed by atoms with van der Waals surface area (Å²) in [6, 6.07) is 8.68. The average molecular weight is 381 g/mol. The number of amides is 2. The molecule has 2 aromatic heterocycles. The van der Waals surface area contributed by atoms with Crippen LogP contribution in [0.1, 0.15) is 11.8 Å². The molecule has 144 valence electrons. The van der Waals surface area contributed by atoms with E-state index in [2.05, 4.69) is 20.4 Å². The van der Waals surface area contributed by atoms with Crippen LogP contribution in [0.15, 0.2) is 47.2 Å². The van der Waals surface area contributed by atoms with Gasteiger partial charge in [-0.25, -0.2) is 4.79 Å². The summed E-state index contributed by atoms with van der Waals surface area (Å²) in [5.74, 6) is 2.21. The number of aromatic nitrogens is 3. The number of likely N-dealkylation sites (tertiary alicyclic amines) is 1. The molecule has 1 aromatic carbocycles. The van der Waals surface area contributed by atoms with Crippen LogP contribution in [-0.2, 0) is 0 Å². The van der Waals surface area contributed by atoms with Gasteiger partial charge >= 0.3 is 6.03 Å². The molecule has 0 bridgehead atoms. The Bertz CT molecular complexity index is 969. The highest BCUT2D eigenvalue weighted by Crippen LogP contribution is 2.31. The third-order valence-electron chi connectivity index (χ3n) is 4.53. The number of nitrogens with one attached hydrogen (secondary N) is 1. The zero-order valence-corrected chi connectivity index (χ0v) is 15.5. The minimum absolute atomic E-state index is 0.0152. The molecule has 1 fully saturated rings. The number of urea groups is 1. The van der Waals surface area contributed by atoms with E-state index in [1.54, 1.807) is 49.7 Å². The van der Waals surface area contributed by atoms with E-state index in [-0.39, 0.29) is 11.9 Å². The van der Waals surface area contributed by atoms with Gasteiger partial charge in [-0.1, -0.05) is 5.16 Å². The monoisotopic (exact) mass is 381 g/mol. The molecule has 0 radical (unpaired) electrons. The Morgan fingerprint density at radius 1 is 1.25 bits per heavy atom. The Hall–Kier alpha value is -3.62. The van der Waals surface area contributed by atoms with Crippen molar-refractivity contribution in [1.29, 1.82) is 0 Å². The molecular formula is C19H19N5O4. The smallest absolute Gasteiger partial charge is 0.321 e. The van der Waals surface area contributed by atoms with Crippen molar-refractivity contribution in [3.8, 4) is 22.9 Å². The van der Waals surface area contributed by atoms with Gasteiger partial charge in [-0.2, -0.15) is 4.98 Å². The van der Waals surface area contributed by atoms with Crippen LogP contribution >= 0.6 is 0 Å². The van der Waals surface area contributed by atoms with Gasteiger partial charge in [0.1, 0.15) is 11.5 Å². The summed E-state index contributed by atoms with van der Waals surface area (Å²) in [5.41, 5.74) is 1.37. The van der Waals surface area contributed by atoms with Crippen LogP contribution < -0.4 is 14.8 Å². The first-order valence-electron chi connectivity index (χ1n) is 8.70. The molecule has 1 aliphatic rings. The molecule has 28 heavy (non-hydrogen) atoms. The third-order valence-corrected chi connectivity index (χ3v) is 4.53. The lowest BCUT2D eigenvalue weighted by molar-refractivity contribution is 0.147. The first-order chi connectivity index (χ1) is 13.7. The van der Waals surface area contributed by atoms with Crippen molar-refractivity contribution in [2.75, 3.05) is 32.6 Å². The summed E-state index contributed by atoms with van der Waals surface area (Å²) < 4.78 is 15.8. The Kier molecular flexibility index (Phi) is 4.79. The molecule has 4 rings (SSSR count). The Morgan fingerprint density at radius 2 is 2.11 bits per heavy atom. The minimum Gasteiger partial charge on any atom is -0.497 e. The summed E-state index contributed by atoms with van der Waals surface area (Å²) in [6.45, 7) is 0.998. The Morgan fingerprint density at radius 3 is 2.82 bits per heavy atom. The molecule has 0 spiro atoms. The van der Waals surface area contributed by atoms with E-state index in [4.69, 9.17) is 14.0 Å². The highest BCUT2D eigenvalue weighted by molar-refractivity contribution is 5.91. The quantitative estimate of drug-likeness (QED) is 0.725. The predicted molar refractivity (Wildman–Crippen MR) is 100 cm³/mol. The van der Waals surface area contributed by atoms with Crippen LogP contribution in [0.5, 0.6) is 11.5 Å². The molecular weight excluding hydrogens is 362 g/mol. The number of anilines is 1. The minimum atomic E-state index is -0.216. The fraction of sp³-hybridized carbons (Fsp3) is 0.263. The summed E-state index contributed by atoms with van der Waals surface area (Å²) in [6.07, 6.45) is 3.36. The zero-order valence-electron chi connectivity index (χ0n) is 15.5. The third kappa shape index (κ3) is 3.46. The van der Waals surface area contributed by atoms with Gasteiger partial charge in [0.2, 0.25) is 11.7 Å². The molecule has 3 aromatic rings. The van der Waals surface area contributed by atoms with Crippen molar-refractivity contribution >= 4 is 11.7 Å². The highest BCUT2D eigenvalue weighted by Gasteiger charge is 2.36. The van der Waals surface area contributed by atoms with E-state index in [0.29, 0.717) is 42.0 Å². The molecule has 9 nitrogen and oxygen atoms in total. The van der Waals surface area contributed by atoms with Crippen LogP contribution in [0.4, 0.5) is 10.5 Å². The van der Waals surface area contributed by atoms with Crippen molar-refractivity contribution in [2.45, 2.75) is 5.92 Å². The predicted octanol–water partition coefficient (Wildman–Crippen LogP) is 2.78. The zero-order chi connectivity index (χ0) is 19.5. The normalized spacial score (nSPS) is 13.7. The molecule has 1 N–H and O–H groups in total. The molecule has 0 unspecified atom stereocenters. The van der Waals surface area contributed by atoms with Crippen LogP contribution in [-0.4, -0.2) is 53.4 Å². The van der Waals surface area contributed by atoms with Gasteiger partial charge in [0, 0.05) is 37.1 Å². The van der Waals surface area contributed by atoms with E-state index in [1.165, 1.54) is 0 Å². The number of methoxy groups -OCH3 is 2. The van der Waals surface area contributed by atoms with Crippen LogP contribution in [0.3, 0.4) is 0 Å². The first-order valence-corrected chi connectivity index (χ1v) is 8.70. The Balaban J connectivity index is 1.37. The van der Waals surface area contributed by atoms with Crippen molar-refractivity contribution < 1.29 is 18.8 Å². The fourth-order valence-corrected chi connectivity index (χ4v) is 2.91. The number of carbonyl (C=O) groups is 1. The number of pyridine rings is 1. The van der Waals surface area contributed by atoms with E-state index < -0.39 is 0 Å². The van der Waals surface area contributed by atoms with Gasteiger partial charge in [-0.05, 0) is 24.3 Å². The molecule has 0 saturated carbocycles. The molecule has 1 aliphatic heterocycles. The van der Waals surface area contributed by atoms with Crippen LogP contribution in [0.2, 0.25) is 0 Å². The number of ether oxygens (including phenoxy) is 2. The maximum atomic E-state index is 12.5. The Labute approximate surface area is 161 Å². The van der Waals surface area contributed by atoms with Crippen molar-refractivity contribution in [2.24, 2.45) is 0 Å². The lowest BCUT2D eigenvalue weighted by Crippen LogP contribution is -2.50. The van der Waals surface area contributed by atoms with E-state index in [9.17, 15) is 4.79 Å². The van der Waals surface area contributed by atoms with E-state index in [0.717, 1.165) is 5.56 Å². The molecule has 3 heterocycles. The van der Waals surface area contributed by atoms with Gasteiger partial charge in [0.05, 0.1) is 25.8 Å². The first kappa shape index (κ1) is 17.8. The number of carbonyl (C=O) groups excluding carboxylic acids is 1. The molecule has 0 aliphatic carbocycles. The topological polar surface area (TPSA) is 103 Å². The summed E-state index contributed by atoms with van der Waals surface area (Å²) in [4.78, 5) is 22.6. The summed E-state index contributed by atoms with van der Waals surface area (Å²) in [7, 11) is 3.12. The number of hydrogen-bond donors (Lipinski definition) is 1. The lowest BCUT2D eigenvalue weighted by Gasteiger charge is -2.36. The van der Waals surface area contributed by atoms with Gasteiger partial charge in [-0.3, -0.25) is 4.98 Å². The largest absolute Gasteiger partial charge is 0.497 e. The fourth-order valence-electron chi connectivity index (χ4n) is 2.91. The second kappa shape index (κ2) is 7.55. The molecule has 9 heteroatoms. The second-order valence-electron chi connectivity index (χ2n) is 6.30. The van der Waals surface area contributed by atoms with Crippen molar-refractivity contribution in [3.63, 3.8) is 0 Å². The maximum absolute atomic E-state index is 12.5. The summed E-state index contributed by atoms with van der Waals surface area (Å²) in [5, 5.41) is 6.84. The van der Waals surface area contributed by atoms with Gasteiger partial charge in [0.15, 0.2) is 0 Å². The number of rotatable bonds is 5. The van der Waals surface area contributed by atoms with Gasteiger partial charge in [-0.15, -0.1) is 0 Å². The second-order valence-corrected chi connectivity index (χ2v) is 6.30. The molecule has 2 amide bonds. The molecule has 1 saturated heterocycles. The van der Waals surface area contributed by atoms with Crippen LogP contribution in [0, 0.1) is 0 Å².